The number of rotatable bonds is 7. The van der Waals surface area contributed by atoms with E-state index in [1.54, 1.807) is 7.05 Å². The van der Waals surface area contributed by atoms with Gasteiger partial charge in [-0.3, -0.25) is 4.79 Å². The first-order valence-corrected chi connectivity index (χ1v) is 8.21. The van der Waals surface area contributed by atoms with Crippen molar-refractivity contribution in [2.24, 2.45) is 0 Å². The lowest BCUT2D eigenvalue weighted by Crippen LogP contribution is -2.29. The average molecular weight is 307 g/mol. The first-order chi connectivity index (χ1) is 8.83. The van der Waals surface area contributed by atoms with Crippen molar-refractivity contribution in [2.75, 3.05) is 37.4 Å². The summed E-state index contributed by atoms with van der Waals surface area (Å²) in [6, 6.07) is 0. The van der Waals surface area contributed by atoms with Gasteiger partial charge in [0.25, 0.3) is 5.91 Å². The van der Waals surface area contributed by atoms with Crippen molar-refractivity contribution >= 4 is 38.2 Å². The van der Waals surface area contributed by atoms with Gasteiger partial charge in [-0.25, -0.2) is 18.1 Å². The van der Waals surface area contributed by atoms with E-state index < -0.39 is 10.0 Å². The maximum atomic E-state index is 11.8. The third kappa shape index (κ3) is 5.41. The zero-order chi connectivity index (χ0) is 14.5. The molecule has 0 saturated carbocycles. The molecule has 1 rings (SSSR count). The largest absolute Gasteiger partial charge is 0.382 e. The zero-order valence-corrected chi connectivity index (χ0v) is 12.3. The van der Waals surface area contributed by atoms with Crippen LogP contribution in [-0.2, 0) is 10.0 Å². The molecule has 0 spiro atoms. The number of sulfonamides is 1. The van der Waals surface area contributed by atoms with Crippen LogP contribution in [0.1, 0.15) is 16.1 Å². The fourth-order valence-electron chi connectivity index (χ4n) is 1.23. The van der Waals surface area contributed by atoms with E-state index in [0.717, 1.165) is 17.6 Å². The Morgan fingerprint density at radius 1 is 1.42 bits per heavy atom. The third-order valence-electron chi connectivity index (χ3n) is 2.08. The van der Waals surface area contributed by atoms with E-state index in [-0.39, 0.29) is 18.3 Å². The number of thiazole rings is 1. The predicted octanol–water partition coefficient (Wildman–Crippen LogP) is -0.564. The number of nitrogens with one attached hydrogen (secondary N) is 3. The molecule has 0 radical (unpaired) electrons. The van der Waals surface area contributed by atoms with E-state index in [0.29, 0.717) is 23.0 Å². The highest BCUT2D eigenvalue weighted by atomic mass is 32.2. The maximum Gasteiger partial charge on any atom is 0.265 e. The molecule has 1 aromatic heterocycles. The van der Waals surface area contributed by atoms with Gasteiger partial charge in [-0.2, -0.15) is 0 Å². The third-order valence-corrected chi connectivity index (χ3v) is 3.89. The smallest absolute Gasteiger partial charge is 0.265 e. The number of nitrogens with two attached hydrogens (primary N) is 1. The fraction of sp³-hybridized carbons (Fsp3) is 0.556. The summed E-state index contributed by atoms with van der Waals surface area (Å²) in [5.74, 6) is -0.128. The molecule has 0 saturated heterocycles. The number of nitrogen functional groups attached to an aromatic ring is 1. The van der Waals surface area contributed by atoms with E-state index in [1.165, 1.54) is 0 Å². The van der Waals surface area contributed by atoms with Crippen molar-refractivity contribution < 1.29 is 13.2 Å². The molecule has 0 atom stereocenters. The van der Waals surface area contributed by atoms with Crippen LogP contribution in [0.3, 0.4) is 0 Å². The summed E-state index contributed by atoms with van der Waals surface area (Å²) in [6.07, 6.45) is 1.58. The minimum atomic E-state index is -3.18. The lowest BCUT2D eigenvalue weighted by Gasteiger charge is -2.04. The van der Waals surface area contributed by atoms with Crippen LogP contribution >= 0.6 is 11.3 Å². The summed E-state index contributed by atoms with van der Waals surface area (Å²) in [4.78, 5) is 16.1. The Labute approximate surface area is 115 Å². The van der Waals surface area contributed by atoms with Gasteiger partial charge in [0.05, 0.1) is 6.26 Å². The second-order valence-corrected chi connectivity index (χ2v) is 6.59. The van der Waals surface area contributed by atoms with Gasteiger partial charge in [-0.05, 0) is 6.42 Å². The molecule has 0 aliphatic carbocycles. The Hall–Kier alpha value is -1.39. The molecular weight excluding hydrogens is 290 g/mol. The molecule has 108 valence electrons. The predicted molar refractivity (Wildman–Crippen MR) is 75.9 cm³/mol. The Bertz CT molecular complexity index is 540. The minimum Gasteiger partial charge on any atom is -0.382 e. The summed E-state index contributed by atoms with van der Waals surface area (Å²) >= 11 is 1.16. The first-order valence-electron chi connectivity index (χ1n) is 5.50. The molecule has 0 bridgehead atoms. The van der Waals surface area contributed by atoms with Gasteiger partial charge in [0.15, 0.2) is 5.13 Å². The molecule has 0 unspecified atom stereocenters. The van der Waals surface area contributed by atoms with Crippen LogP contribution in [0, 0.1) is 0 Å². The Balaban J connectivity index is 2.37. The molecule has 19 heavy (non-hydrogen) atoms. The van der Waals surface area contributed by atoms with Gasteiger partial charge < -0.3 is 16.4 Å². The summed E-state index contributed by atoms with van der Waals surface area (Å²) in [7, 11) is -1.49. The highest BCUT2D eigenvalue weighted by Crippen LogP contribution is 2.23. The van der Waals surface area contributed by atoms with Crippen molar-refractivity contribution in [2.45, 2.75) is 6.42 Å². The van der Waals surface area contributed by atoms with Gasteiger partial charge in [0.1, 0.15) is 10.7 Å². The van der Waals surface area contributed by atoms with E-state index in [2.05, 4.69) is 20.3 Å². The topological polar surface area (TPSA) is 126 Å². The molecule has 10 heteroatoms. The Kier molecular flexibility index (Phi) is 5.51. The normalized spacial score (nSPS) is 11.3. The number of amides is 1. The molecule has 1 aromatic rings. The molecule has 1 amide bonds. The summed E-state index contributed by atoms with van der Waals surface area (Å²) < 4.78 is 23.9. The molecule has 0 aliphatic rings. The fourth-order valence-corrected chi connectivity index (χ4v) is 2.50. The van der Waals surface area contributed by atoms with Gasteiger partial charge in [-0.1, -0.05) is 11.3 Å². The monoisotopic (exact) mass is 307 g/mol. The van der Waals surface area contributed by atoms with Crippen molar-refractivity contribution in [3.8, 4) is 0 Å². The Morgan fingerprint density at radius 2 is 2.11 bits per heavy atom. The Morgan fingerprint density at radius 3 is 2.63 bits per heavy atom. The second kappa shape index (κ2) is 6.68. The van der Waals surface area contributed by atoms with Crippen molar-refractivity contribution in [3.05, 3.63) is 4.88 Å². The quantitative estimate of drug-likeness (QED) is 0.500. The van der Waals surface area contributed by atoms with Crippen molar-refractivity contribution in [1.82, 2.24) is 15.0 Å². The SMILES string of the molecule is CNc1nc(N)c(C(=O)NCCCNS(C)(=O)=O)s1. The van der Waals surface area contributed by atoms with Crippen LogP contribution in [-0.4, -0.2) is 45.7 Å². The molecule has 0 aliphatic heterocycles. The standard InChI is InChI=1S/C9H17N5O3S2/c1-11-9-14-7(10)6(18-9)8(15)12-4-3-5-13-19(2,16)17/h13H,3-5,10H2,1-2H3,(H,11,14)(H,12,15). The van der Waals surface area contributed by atoms with E-state index >= 15 is 0 Å². The highest BCUT2D eigenvalue weighted by Gasteiger charge is 2.14. The van der Waals surface area contributed by atoms with Gasteiger partial charge in [-0.15, -0.1) is 0 Å². The van der Waals surface area contributed by atoms with Crippen LogP contribution in [0.25, 0.3) is 0 Å². The lowest BCUT2D eigenvalue weighted by molar-refractivity contribution is 0.0958. The van der Waals surface area contributed by atoms with Crippen LogP contribution in [0.4, 0.5) is 10.9 Å². The van der Waals surface area contributed by atoms with Crippen molar-refractivity contribution in [1.29, 1.82) is 0 Å². The molecule has 8 nitrogen and oxygen atoms in total. The molecular formula is C9H17N5O3S2. The van der Waals surface area contributed by atoms with Gasteiger partial charge in [0.2, 0.25) is 10.0 Å². The maximum absolute atomic E-state index is 11.8. The number of anilines is 2. The number of aromatic nitrogens is 1. The number of hydrogen-bond acceptors (Lipinski definition) is 7. The van der Waals surface area contributed by atoms with E-state index in [9.17, 15) is 13.2 Å². The summed E-state index contributed by atoms with van der Waals surface area (Å²) in [5.41, 5.74) is 5.61. The zero-order valence-electron chi connectivity index (χ0n) is 10.7. The molecule has 5 N–H and O–H groups in total. The van der Waals surface area contributed by atoms with Gasteiger partial charge >= 0.3 is 0 Å². The average Bonchev–Trinajstić information content (AvgIpc) is 2.68. The van der Waals surface area contributed by atoms with Crippen LogP contribution in [0.5, 0.6) is 0 Å². The lowest BCUT2D eigenvalue weighted by atomic mass is 10.4. The number of nitrogens with zero attached hydrogens (tertiary/aromatic N) is 1. The molecule has 0 fully saturated rings. The highest BCUT2D eigenvalue weighted by molar-refractivity contribution is 7.88. The van der Waals surface area contributed by atoms with Crippen LogP contribution in [0.15, 0.2) is 0 Å². The van der Waals surface area contributed by atoms with Crippen LogP contribution < -0.4 is 21.1 Å². The number of hydrogen-bond donors (Lipinski definition) is 4. The second-order valence-electron chi connectivity index (χ2n) is 3.76. The summed E-state index contributed by atoms with van der Waals surface area (Å²) in [6.45, 7) is 0.632. The van der Waals surface area contributed by atoms with Crippen molar-refractivity contribution in [3.63, 3.8) is 0 Å². The van der Waals surface area contributed by atoms with Gasteiger partial charge in [0, 0.05) is 20.1 Å². The number of carbonyl (C=O) groups excluding carboxylic acids is 1. The summed E-state index contributed by atoms with van der Waals surface area (Å²) in [5, 5.41) is 6.03. The molecule has 1 heterocycles. The number of carbonyl (C=O) groups is 1. The van der Waals surface area contributed by atoms with E-state index in [4.69, 9.17) is 5.73 Å². The first kappa shape index (κ1) is 15.7. The minimum absolute atomic E-state index is 0.182. The molecule has 0 aromatic carbocycles. The van der Waals surface area contributed by atoms with E-state index in [1.807, 2.05) is 0 Å². The van der Waals surface area contributed by atoms with Crippen LogP contribution in [0.2, 0.25) is 0 Å².